The highest BCUT2D eigenvalue weighted by atomic mass is 32.1. The Bertz CT molecular complexity index is 709. The lowest BCUT2D eigenvalue weighted by atomic mass is 9.96. The van der Waals surface area contributed by atoms with Crippen LogP contribution in [-0.4, -0.2) is 35.1 Å². The SMILES string of the molecule is Cc1cc([C@@](C)(O)CNC(=O)[C@@H]2CCCN2c2nccs2)c(C)o1. The maximum absolute atomic E-state index is 12.6. The molecule has 1 aliphatic heterocycles. The zero-order valence-corrected chi connectivity index (χ0v) is 15.0. The highest BCUT2D eigenvalue weighted by Gasteiger charge is 2.34. The second-order valence-electron chi connectivity index (χ2n) is 6.48. The molecule has 24 heavy (non-hydrogen) atoms. The van der Waals surface area contributed by atoms with Gasteiger partial charge in [-0.1, -0.05) is 0 Å². The molecule has 1 aliphatic rings. The monoisotopic (exact) mass is 349 g/mol. The Labute approximate surface area is 145 Å². The summed E-state index contributed by atoms with van der Waals surface area (Å²) in [5.41, 5.74) is -0.453. The molecular formula is C17H23N3O3S. The number of furan rings is 1. The average Bonchev–Trinajstić information content (AvgIpc) is 3.24. The van der Waals surface area contributed by atoms with Crippen LogP contribution in [0.3, 0.4) is 0 Å². The third kappa shape index (κ3) is 3.32. The van der Waals surface area contributed by atoms with Crippen molar-refractivity contribution in [3.63, 3.8) is 0 Å². The molecule has 1 fully saturated rings. The van der Waals surface area contributed by atoms with Gasteiger partial charge in [0.25, 0.3) is 0 Å². The highest BCUT2D eigenvalue weighted by molar-refractivity contribution is 7.13. The second kappa shape index (κ2) is 6.57. The minimum atomic E-state index is -1.16. The maximum Gasteiger partial charge on any atom is 0.242 e. The van der Waals surface area contributed by atoms with E-state index in [9.17, 15) is 9.90 Å². The van der Waals surface area contributed by atoms with Crippen LogP contribution in [0, 0.1) is 13.8 Å². The molecule has 2 aromatic heterocycles. The summed E-state index contributed by atoms with van der Waals surface area (Å²) in [6, 6.07) is 1.60. The van der Waals surface area contributed by atoms with Crippen molar-refractivity contribution in [1.29, 1.82) is 0 Å². The van der Waals surface area contributed by atoms with Crippen LogP contribution in [0.5, 0.6) is 0 Å². The zero-order valence-electron chi connectivity index (χ0n) is 14.2. The molecule has 0 bridgehead atoms. The van der Waals surface area contributed by atoms with Crippen molar-refractivity contribution in [1.82, 2.24) is 10.3 Å². The van der Waals surface area contributed by atoms with Crippen LogP contribution in [0.25, 0.3) is 0 Å². The smallest absolute Gasteiger partial charge is 0.242 e. The van der Waals surface area contributed by atoms with Crippen LogP contribution in [0.4, 0.5) is 5.13 Å². The molecule has 2 atom stereocenters. The number of nitrogens with zero attached hydrogens (tertiary/aromatic N) is 2. The lowest BCUT2D eigenvalue weighted by Gasteiger charge is -2.27. The van der Waals surface area contributed by atoms with E-state index < -0.39 is 5.60 Å². The van der Waals surface area contributed by atoms with E-state index in [0.29, 0.717) is 11.3 Å². The summed E-state index contributed by atoms with van der Waals surface area (Å²) in [5, 5.41) is 16.4. The maximum atomic E-state index is 12.6. The standard InChI is InChI=1S/C17H23N3O3S/c1-11-9-13(12(2)23-11)17(3,22)10-19-15(21)14-5-4-7-20(14)16-18-6-8-24-16/h6,8-9,14,22H,4-5,7,10H2,1-3H3,(H,19,21)/t14-,17-/m0/s1. The van der Waals surface area contributed by atoms with Gasteiger partial charge in [-0.25, -0.2) is 4.98 Å². The van der Waals surface area contributed by atoms with Crippen molar-refractivity contribution in [2.45, 2.75) is 45.3 Å². The molecule has 0 aliphatic carbocycles. The van der Waals surface area contributed by atoms with E-state index in [2.05, 4.69) is 10.3 Å². The van der Waals surface area contributed by atoms with Crippen LogP contribution in [0.1, 0.15) is 36.8 Å². The number of hydrogen-bond donors (Lipinski definition) is 2. The predicted molar refractivity (Wildman–Crippen MR) is 93.2 cm³/mol. The summed E-state index contributed by atoms with van der Waals surface area (Å²) >= 11 is 1.54. The Morgan fingerprint density at radius 2 is 2.38 bits per heavy atom. The van der Waals surface area contributed by atoms with E-state index >= 15 is 0 Å². The number of amides is 1. The predicted octanol–water partition coefficient (Wildman–Crippen LogP) is 2.35. The van der Waals surface area contributed by atoms with Gasteiger partial charge in [0.1, 0.15) is 23.2 Å². The molecule has 7 heteroatoms. The van der Waals surface area contributed by atoms with Gasteiger partial charge in [-0.2, -0.15) is 0 Å². The summed E-state index contributed by atoms with van der Waals surface area (Å²) in [6.07, 6.45) is 3.52. The molecule has 1 saturated heterocycles. The van der Waals surface area contributed by atoms with E-state index in [1.54, 1.807) is 13.1 Å². The Balaban J connectivity index is 1.65. The zero-order chi connectivity index (χ0) is 17.3. The largest absolute Gasteiger partial charge is 0.466 e. The van der Waals surface area contributed by atoms with E-state index in [4.69, 9.17) is 4.42 Å². The van der Waals surface area contributed by atoms with Gasteiger partial charge in [0, 0.05) is 23.7 Å². The molecule has 6 nitrogen and oxygen atoms in total. The third-order valence-electron chi connectivity index (χ3n) is 4.45. The van der Waals surface area contributed by atoms with E-state index in [1.165, 1.54) is 11.3 Å². The average molecular weight is 349 g/mol. The van der Waals surface area contributed by atoms with Crippen molar-refractivity contribution in [3.05, 3.63) is 34.7 Å². The van der Waals surface area contributed by atoms with Crippen molar-refractivity contribution >= 4 is 22.4 Å². The Morgan fingerprint density at radius 3 is 3.00 bits per heavy atom. The molecule has 3 heterocycles. The van der Waals surface area contributed by atoms with E-state index in [0.717, 1.165) is 30.3 Å². The van der Waals surface area contributed by atoms with Crippen LogP contribution < -0.4 is 10.2 Å². The van der Waals surface area contributed by atoms with Crippen molar-refractivity contribution < 1.29 is 14.3 Å². The molecule has 0 spiro atoms. The Hall–Kier alpha value is -1.86. The summed E-state index contributed by atoms with van der Waals surface area (Å²) in [7, 11) is 0. The van der Waals surface area contributed by atoms with Gasteiger partial charge in [-0.3, -0.25) is 4.79 Å². The summed E-state index contributed by atoms with van der Waals surface area (Å²) < 4.78 is 5.49. The van der Waals surface area contributed by atoms with Gasteiger partial charge < -0.3 is 19.7 Å². The first-order valence-electron chi connectivity index (χ1n) is 8.12. The fraction of sp³-hybridized carbons (Fsp3) is 0.529. The number of aryl methyl sites for hydroxylation is 2. The minimum absolute atomic E-state index is 0.0687. The highest BCUT2D eigenvalue weighted by Crippen LogP contribution is 2.29. The molecule has 0 saturated carbocycles. The van der Waals surface area contributed by atoms with Crippen LogP contribution in [-0.2, 0) is 10.4 Å². The van der Waals surface area contributed by atoms with E-state index in [1.807, 2.05) is 30.2 Å². The number of aromatic nitrogens is 1. The van der Waals surface area contributed by atoms with Crippen LogP contribution in [0.15, 0.2) is 22.1 Å². The molecule has 1 amide bonds. The number of aliphatic hydroxyl groups is 1. The van der Waals surface area contributed by atoms with Gasteiger partial charge in [-0.05, 0) is 39.7 Å². The number of carbonyl (C=O) groups excluding carboxylic acids is 1. The Kier molecular flexibility index (Phi) is 4.64. The number of rotatable bonds is 5. The minimum Gasteiger partial charge on any atom is -0.466 e. The first-order valence-corrected chi connectivity index (χ1v) is 9.00. The molecule has 130 valence electrons. The van der Waals surface area contributed by atoms with Gasteiger partial charge in [-0.15, -0.1) is 11.3 Å². The van der Waals surface area contributed by atoms with Crippen LogP contribution >= 0.6 is 11.3 Å². The van der Waals surface area contributed by atoms with Crippen LogP contribution in [0.2, 0.25) is 0 Å². The van der Waals surface area contributed by atoms with Gasteiger partial charge in [0.15, 0.2) is 5.13 Å². The number of carbonyl (C=O) groups is 1. The lowest BCUT2D eigenvalue weighted by Crippen LogP contribution is -2.47. The number of hydrogen-bond acceptors (Lipinski definition) is 6. The molecule has 0 radical (unpaired) electrons. The molecule has 0 unspecified atom stereocenters. The molecule has 2 N–H and O–H groups in total. The lowest BCUT2D eigenvalue weighted by molar-refractivity contribution is -0.123. The first kappa shape index (κ1) is 17.0. The number of thiazole rings is 1. The third-order valence-corrected chi connectivity index (χ3v) is 5.26. The fourth-order valence-electron chi connectivity index (χ4n) is 3.26. The first-order chi connectivity index (χ1) is 11.4. The second-order valence-corrected chi connectivity index (χ2v) is 7.36. The fourth-order valence-corrected chi connectivity index (χ4v) is 3.98. The summed E-state index contributed by atoms with van der Waals surface area (Å²) in [6.45, 7) is 6.34. The molecule has 3 rings (SSSR count). The van der Waals surface area contributed by atoms with Crippen molar-refractivity contribution in [2.75, 3.05) is 18.0 Å². The van der Waals surface area contributed by atoms with E-state index in [-0.39, 0.29) is 18.5 Å². The van der Waals surface area contributed by atoms with Crippen molar-refractivity contribution in [3.8, 4) is 0 Å². The topological polar surface area (TPSA) is 78.6 Å². The molecular weight excluding hydrogens is 326 g/mol. The van der Waals surface area contributed by atoms with Gasteiger partial charge >= 0.3 is 0 Å². The summed E-state index contributed by atoms with van der Waals surface area (Å²) in [5.74, 6) is 1.36. The number of nitrogens with one attached hydrogen (secondary N) is 1. The summed E-state index contributed by atoms with van der Waals surface area (Å²) in [4.78, 5) is 19.0. The van der Waals surface area contributed by atoms with Crippen molar-refractivity contribution in [2.24, 2.45) is 0 Å². The Morgan fingerprint density at radius 1 is 1.58 bits per heavy atom. The normalized spacial score (nSPS) is 20.2. The number of anilines is 1. The van der Waals surface area contributed by atoms with Gasteiger partial charge in [0.05, 0.1) is 6.54 Å². The molecule has 0 aromatic carbocycles. The quantitative estimate of drug-likeness (QED) is 0.866. The van der Waals surface area contributed by atoms with Gasteiger partial charge in [0.2, 0.25) is 5.91 Å². The molecule has 2 aromatic rings.